The van der Waals surface area contributed by atoms with Crippen molar-refractivity contribution in [3.05, 3.63) is 53.3 Å². The van der Waals surface area contributed by atoms with Crippen LogP contribution in [-0.2, 0) is 16.2 Å². The normalized spacial score (nSPS) is 17.5. The number of morpholine rings is 1. The van der Waals surface area contributed by atoms with Gasteiger partial charge in [0.25, 0.3) is 0 Å². The molecule has 1 N–H and O–H groups in total. The van der Waals surface area contributed by atoms with E-state index in [1.54, 1.807) is 0 Å². The third kappa shape index (κ3) is 5.13. The fraction of sp³-hybridized carbons (Fsp3) is 0.435. The van der Waals surface area contributed by atoms with Crippen molar-refractivity contribution in [2.45, 2.75) is 38.5 Å². The number of halogens is 1. The van der Waals surface area contributed by atoms with Crippen LogP contribution in [-0.4, -0.2) is 44.0 Å². The quantitative estimate of drug-likeness (QED) is 0.396. The van der Waals surface area contributed by atoms with Crippen LogP contribution >= 0.6 is 11.6 Å². The molecule has 3 heterocycles. The maximum atomic E-state index is 6.48. The highest BCUT2D eigenvalue weighted by atomic mass is 35.5. The highest BCUT2D eigenvalue weighted by molar-refractivity contribution is 6.76. The Hall–Kier alpha value is -1.70. The second-order valence-corrected chi connectivity index (χ2v) is 15.1. The van der Waals surface area contributed by atoms with Crippen LogP contribution in [0, 0.1) is 0 Å². The number of benzene rings is 1. The molecule has 1 aromatic carbocycles. The zero-order valence-corrected chi connectivity index (χ0v) is 19.7. The lowest BCUT2D eigenvalue weighted by Crippen LogP contribution is -2.34. The Morgan fingerprint density at radius 2 is 2.13 bits per heavy atom. The van der Waals surface area contributed by atoms with E-state index < -0.39 is 8.07 Å². The molecule has 0 bridgehead atoms. The van der Waals surface area contributed by atoms with Crippen LogP contribution in [0.5, 0.6) is 0 Å². The third-order valence-corrected chi connectivity index (χ3v) is 7.36. The maximum Gasteiger partial charge on any atom is 0.122 e. The predicted octanol–water partition coefficient (Wildman–Crippen LogP) is 5.33. The SMILES string of the molecule is C[Si](C)(C)CCOCn1ccc2c(-c3cc(Cl)cc(C4COCCN4)c3)nccc21. The van der Waals surface area contributed by atoms with Crippen molar-refractivity contribution in [3.63, 3.8) is 0 Å². The van der Waals surface area contributed by atoms with Crippen LogP contribution in [0.4, 0.5) is 0 Å². The number of rotatable bonds is 7. The number of aromatic nitrogens is 2. The lowest BCUT2D eigenvalue weighted by atomic mass is 10.0. The molecule has 4 rings (SSSR count). The molecule has 0 amide bonds. The predicted molar refractivity (Wildman–Crippen MR) is 126 cm³/mol. The molecule has 0 saturated carbocycles. The highest BCUT2D eigenvalue weighted by Gasteiger charge is 2.18. The van der Waals surface area contributed by atoms with Crippen LogP contribution < -0.4 is 5.32 Å². The van der Waals surface area contributed by atoms with Gasteiger partial charge in [-0.2, -0.15) is 0 Å². The molecule has 2 aromatic heterocycles. The molecular weight excluding hydrogens is 414 g/mol. The minimum atomic E-state index is -1.08. The van der Waals surface area contributed by atoms with Crippen molar-refractivity contribution in [1.82, 2.24) is 14.9 Å². The summed E-state index contributed by atoms with van der Waals surface area (Å²) in [6, 6.07) is 11.6. The molecule has 1 aliphatic heterocycles. The molecule has 160 valence electrons. The Morgan fingerprint density at radius 1 is 1.27 bits per heavy atom. The first-order valence-electron chi connectivity index (χ1n) is 10.5. The van der Waals surface area contributed by atoms with Gasteiger partial charge < -0.3 is 19.4 Å². The number of hydrogen-bond acceptors (Lipinski definition) is 4. The van der Waals surface area contributed by atoms with E-state index in [0.29, 0.717) is 18.4 Å². The first-order valence-corrected chi connectivity index (χ1v) is 14.6. The van der Waals surface area contributed by atoms with Crippen molar-refractivity contribution >= 4 is 30.6 Å². The Kier molecular flexibility index (Phi) is 6.60. The minimum Gasteiger partial charge on any atom is -0.378 e. The number of ether oxygens (including phenoxy) is 2. The Balaban J connectivity index is 1.59. The summed E-state index contributed by atoms with van der Waals surface area (Å²) in [5, 5.41) is 5.31. The van der Waals surface area contributed by atoms with Gasteiger partial charge in [-0.25, -0.2) is 0 Å². The highest BCUT2D eigenvalue weighted by Crippen LogP contribution is 2.32. The molecular formula is C23H30ClN3O2Si. The number of hydrogen-bond donors (Lipinski definition) is 1. The van der Waals surface area contributed by atoms with Crippen molar-refractivity contribution in [3.8, 4) is 11.3 Å². The Bertz CT molecular complexity index is 1010. The van der Waals surface area contributed by atoms with E-state index in [4.69, 9.17) is 21.1 Å². The number of fused-ring (bicyclic) bond motifs is 1. The Morgan fingerprint density at radius 3 is 2.90 bits per heavy atom. The summed E-state index contributed by atoms with van der Waals surface area (Å²) in [5.41, 5.74) is 4.21. The fourth-order valence-electron chi connectivity index (χ4n) is 3.74. The molecule has 5 nitrogen and oxygen atoms in total. The molecule has 7 heteroatoms. The summed E-state index contributed by atoms with van der Waals surface area (Å²) < 4.78 is 13.7. The van der Waals surface area contributed by atoms with Crippen LogP contribution in [0.3, 0.4) is 0 Å². The molecule has 0 aliphatic carbocycles. The Labute approximate surface area is 184 Å². The van der Waals surface area contributed by atoms with E-state index in [2.05, 4.69) is 52.8 Å². The minimum absolute atomic E-state index is 0.153. The molecule has 0 radical (unpaired) electrons. The van der Waals surface area contributed by atoms with E-state index >= 15 is 0 Å². The lowest BCUT2D eigenvalue weighted by Gasteiger charge is -2.24. The fourth-order valence-corrected chi connectivity index (χ4v) is 4.74. The summed E-state index contributed by atoms with van der Waals surface area (Å²) in [6.45, 7) is 10.7. The van der Waals surface area contributed by atoms with Gasteiger partial charge in [-0.15, -0.1) is 0 Å². The van der Waals surface area contributed by atoms with Gasteiger partial charge in [0, 0.05) is 49.6 Å². The summed E-state index contributed by atoms with van der Waals surface area (Å²) in [4.78, 5) is 4.69. The largest absolute Gasteiger partial charge is 0.378 e. The van der Waals surface area contributed by atoms with Gasteiger partial charge in [0.05, 0.1) is 30.5 Å². The smallest absolute Gasteiger partial charge is 0.122 e. The zero-order valence-electron chi connectivity index (χ0n) is 18.0. The van der Waals surface area contributed by atoms with Gasteiger partial charge in [0.15, 0.2) is 0 Å². The lowest BCUT2D eigenvalue weighted by molar-refractivity contribution is 0.0769. The van der Waals surface area contributed by atoms with E-state index in [1.807, 2.05) is 24.4 Å². The summed E-state index contributed by atoms with van der Waals surface area (Å²) >= 11 is 6.48. The van der Waals surface area contributed by atoms with E-state index in [1.165, 1.54) is 6.04 Å². The van der Waals surface area contributed by atoms with Gasteiger partial charge in [0.1, 0.15) is 6.73 Å². The van der Waals surface area contributed by atoms with Crippen molar-refractivity contribution < 1.29 is 9.47 Å². The van der Waals surface area contributed by atoms with Crippen molar-refractivity contribution in [1.29, 1.82) is 0 Å². The van der Waals surface area contributed by atoms with Gasteiger partial charge in [0.2, 0.25) is 0 Å². The van der Waals surface area contributed by atoms with E-state index in [-0.39, 0.29) is 6.04 Å². The summed E-state index contributed by atoms with van der Waals surface area (Å²) in [7, 11) is -1.08. The van der Waals surface area contributed by atoms with E-state index in [0.717, 1.165) is 47.5 Å². The molecule has 1 atom stereocenters. The standard InChI is InChI=1S/C23H30ClN3O2Si/c1-30(2,3)11-10-29-16-27-8-5-20-22(27)4-6-26-23(20)18-12-17(13-19(24)14-18)21-15-28-9-7-25-21/h4-6,8,12-14,21,25H,7,9-11,15-16H2,1-3H3. The van der Waals surface area contributed by atoms with Crippen molar-refractivity contribution in [2.24, 2.45) is 0 Å². The van der Waals surface area contributed by atoms with Gasteiger partial charge in [-0.3, -0.25) is 4.98 Å². The molecule has 1 saturated heterocycles. The van der Waals surface area contributed by atoms with Crippen LogP contribution in [0.2, 0.25) is 30.7 Å². The maximum absolute atomic E-state index is 6.48. The van der Waals surface area contributed by atoms with Gasteiger partial charge >= 0.3 is 0 Å². The van der Waals surface area contributed by atoms with Crippen molar-refractivity contribution in [2.75, 3.05) is 26.4 Å². The monoisotopic (exact) mass is 443 g/mol. The molecule has 3 aromatic rings. The topological polar surface area (TPSA) is 48.3 Å². The number of nitrogens with one attached hydrogen (secondary N) is 1. The first kappa shape index (κ1) is 21.5. The van der Waals surface area contributed by atoms with E-state index in [9.17, 15) is 0 Å². The summed E-state index contributed by atoms with van der Waals surface area (Å²) in [6.07, 6.45) is 3.94. The third-order valence-electron chi connectivity index (χ3n) is 5.44. The molecule has 1 fully saturated rings. The molecule has 1 aliphatic rings. The van der Waals surface area contributed by atoms with Gasteiger partial charge in [-0.05, 0) is 41.9 Å². The average Bonchev–Trinajstić information content (AvgIpc) is 3.14. The van der Waals surface area contributed by atoms with Gasteiger partial charge in [-0.1, -0.05) is 31.2 Å². The first-order chi connectivity index (χ1) is 14.4. The molecule has 30 heavy (non-hydrogen) atoms. The molecule has 1 unspecified atom stereocenters. The number of nitrogens with zero attached hydrogens (tertiary/aromatic N) is 2. The van der Waals surface area contributed by atoms with Crippen LogP contribution in [0.15, 0.2) is 42.7 Å². The second kappa shape index (κ2) is 9.20. The molecule has 0 spiro atoms. The second-order valence-electron chi connectivity index (χ2n) is 9.08. The zero-order chi connectivity index (χ0) is 21.1. The van der Waals surface area contributed by atoms with Crippen LogP contribution in [0.25, 0.3) is 22.2 Å². The average molecular weight is 444 g/mol. The number of pyridine rings is 1. The van der Waals surface area contributed by atoms with Crippen LogP contribution in [0.1, 0.15) is 11.6 Å². The summed E-state index contributed by atoms with van der Waals surface area (Å²) in [5.74, 6) is 0.